The van der Waals surface area contributed by atoms with Crippen molar-refractivity contribution >= 4 is 29.9 Å². The highest BCUT2D eigenvalue weighted by Gasteiger charge is 2.38. The summed E-state index contributed by atoms with van der Waals surface area (Å²) in [5.74, 6) is 0.907. The summed E-state index contributed by atoms with van der Waals surface area (Å²) in [6, 6.07) is 11.5. The van der Waals surface area contributed by atoms with E-state index in [1.807, 2.05) is 7.05 Å². The smallest absolute Gasteiger partial charge is 0.191 e. The van der Waals surface area contributed by atoms with E-state index in [0.717, 1.165) is 25.6 Å². The lowest BCUT2D eigenvalue weighted by Crippen LogP contribution is -2.49. The zero-order valence-electron chi connectivity index (χ0n) is 15.5. The second-order valence-electron chi connectivity index (χ2n) is 6.93. The van der Waals surface area contributed by atoms with Crippen LogP contribution in [-0.4, -0.2) is 50.6 Å². The van der Waals surface area contributed by atoms with Crippen molar-refractivity contribution in [2.75, 3.05) is 33.7 Å². The van der Waals surface area contributed by atoms with E-state index in [1.54, 1.807) is 0 Å². The van der Waals surface area contributed by atoms with Gasteiger partial charge in [0.15, 0.2) is 5.96 Å². The Balaban J connectivity index is 0.00000288. The number of benzene rings is 1. The first-order chi connectivity index (χ1) is 11.1. The van der Waals surface area contributed by atoms with E-state index in [4.69, 9.17) is 0 Å². The van der Waals surface area contributed by atoms with Crippen LogP contribution in [0.2, 0.25) is 0 Å². The molecule has 0 spiro atoms. The van der Waals surface area contributed by atoms with E-state index in [9.17, 15) is 0 Å². The molecular formula is C19H33IN4. The van der Waals surface area contributed by atoms with Crippen molar-refractivity contribution in [2.45, 2.75) is 44.6 Å². The molecule has 4 nitrogen and oxygen atoms in total. The third-order valence-corrected chi connectivity index (χ3v) is 5.15. The Morgan fingerprint density at radius 3 is 2.38 bits per heavy atom. The van der Waals surface area contributed by atoms with Crippen molar-refractivity contribution in [3.63, 3.8) is 0 Å². The lowest BCUT2D eigenvalue weighted by atomic mass is 9.64. The van der Waals surface area contributed by atoms with E-state index in [1.165, 1.54) is 24.8 Å². The summed E-state index contributed by atoms with van der Waals surface area (Å²) in [7, 11) is 4.00. The molecule has 0 aliphatic heterocycles. The molecule has 0 saturated heterocycles. The summed E-state index contributed by atoms with van der Waals surface area (Å²) in [6.45, 7) is 7.31. The molecule has 2 N–H and O–H groups in total. The van der Waals surface area contributed by atoms with Crippen molar-refractivity contribution in [1.29, 1.82) is 0 Å². The SMILES string of the molecule is CN=C(NCCN(C)C(C)C)NCC1(c2ccccc2)CCC1.I. The average molecular weight is 444 g/mol. The molecule has 0 bridgehead atoms. The lowest BCUT2D eigenvalue weighted by molar-refractivity contribution is 0.243. The van der Waals surface area contributed by atoms with Gasteiger partial charge in [0.2, 0.25) is 0 Å². The molecule has 24 heavy (non-hydrogen) atoms. The number of rotatable bonds is 7. The molecule has 136 valence electrons. The van der Waals surface area contributed by atoms with Crippen molar-refractivity contribution in [3.8, 4) is 0 Å². The van der Waals surface area contributed by atoms with E-state index < -0.39 is 0 Å². The molecule has 1 aliphatic carbocycles. The van der Waals surface area contributed by atoms with Crippen LogP contribution in [0.25, 0.3) is 0 Å². The van der Waals surface area contributed by atoms with Gasteiger partial charge in [-0.2, -0.15) is 0 Å². The molecule has 0 atom stereocenters. The molecule has 0 radical (unpaired) electrons. The number of nitrogens with one attached hydrogen (secondary N) is 2. The first-order valence-electron chi connectivity index (χ1n) is 8.78. The summed E-state index contributed by atoms with van der Waals surface area (Å²) in [5.41, 5.74) is 1.74. The minimum absolute atomic E-state index is 0. The molecule has 0 aromatic heterocycles. The van der Waals surface area contributed by atoms with Crippen molar-refractivity contribution in [1.82, 2.24) is 15.5 Å². The second-order valence-corrected chi connectivity index (χ2v) is 6.93. The zero-order chi connectivity index (χ0) is 16.7. The van der Waals surface area contributed by atoms with Gasteiger partial charge in [0.05, 0.1) is 0 Å². The van der Waals surface area contributed by atoms with Gasteiger partial charge in [-0.3, -0.25) is 4.99 Å². The second kappa shape index (κ2) is 10.2. The maximum Gasteiger partial charge on any atom is 0.191 e. The van der Waals surface area contributed by atoms with E-state index in [2.05, 4.69) is 71.8 Å². The van der Waals surface area contributed by atoms with Crippen LogP contribution < -0.4 is 10.6 Å². The van der Waals surface area contributed by atoms with Crippen LogP contribution >= 0.6 is 24.0 Å². The first-order valence-corrected chi connectivity index (χ1v) is 8.78. The fourth-order valence-corrected chi connectivity index (χ4v) is 3.05. The standard InChI is InChI=1S/C19H32N4.HI/c1-16(2)23(4)14-13-21-18(20-3)22-15-19(11-8-12-19)17-9-6-5-7-10-17;/h5-7,9-10,16H,8,11-15H2,1-4H3,(H2,20,21,22);1H. The lowest BCUT2D eigenvalue weighted by Gasteiger charge is -2.43. The Labute approximate surface area is 164 Å². The van der Waals surface area contributed by atoms with Gasteiger partial charge >= 0.3 is 0 Å². The molecule has 0 unspecified atom stereocenters. The number of guanidine groups is 1. The van der Waals surface area contributed by atoms with Crippen LogP contribution in [-0.2, 0) is 5.41 Å². The third-order valence-electron chi connectivity index (χ3n) is 5.15. The summed E-state index contributed by atoms with van der Waals surface area (Å²) in [4.78, 5) is 6.69. The largest absolute Gasteiger partial charge is 0.356 e. The van der Waals surface area contributed by atoms with Gasteiger partial charge in [-0.15, -0.1) is 24.0 Å². The summed E-state index contributed by atoms with van der Waals surface area (Å²) < 4.78 is 0. The van der Waals surface area contributed by atoms with Crippen LogP contribution in [0.1, 0.15) is 38.7 Å². The molecule has 1 fully saturated rings. The minimum atomic E-state index is 0. The molecule has 0 heterocycles. The summed E-state index contributed by atoms with van der Waals surface area (Å²) in [5, 5.41) is 6.96. The molecule has 0 amide bonds. The number of nitrogens with zero attached hydrogens (tertiary/aromatic N) is 2. The van der Waals surface area contributed by atoms with Crippen LogP contribution in [0.3, 0.4) is 0 Å². The first kappa shape index (κ1) is 21.2. The molecule has 2 rings (SSSR count). The Bertz CT molecular complexity index is 497. The van der Waals surface area contributed by atoms with Gasteiger partial charge in [-0.05, 0) is 39.3 Å². The van der Waals surface area contributed by atoms with E-state index >= 15 is 0 Å². The molecule has 1 aromatic carbocycles. The van der Waals surface area contributed by atoms with Crippen molar-refractivity contribution in [2.24, 2.45) is 4.99 Å². The van der Waals surface area contributed by atoms with E-state index in [-0.39, 0.29) is 29.4 Å². The van der Waals surface area contributed by atoms with Crippen LogP contribution in [0.15, 0.2) is 35.3 Å². The van der Waals surface area contributed by atoms with Crippen LogP contribution in [0, 0.1) is 0 Å². The monoisotopic (exact) mass is 444 g/mol. The number of aliphatic imine (C=N–C) groups is 1. The molecule has 5 heteroatoms. The summed E-state index contributed by atoms with van der Waals surface area (Å²) in [6.07, 6.45) is 3.84. The minimum Gasteiger partial charge on any atom is -0.356 e. The van der Waals surface area contributed by atoms with Crippen molar-refractivity contribution < 1.29 is 0 Å². The fraction of sp³-hybridized carbons (Fsp3) is 0.632. The Morgan fingerprint density at radius 1 is 1.21 bits per heavy atom. The maximum absolute atomic E-state index is 4.36. The number of likely N-dealkylation sites (N-methyl/N-ethyl adjacent to an activating group) is 1. The predicted molar refractivity (Wildman–Crippen MR) is 115 cm³/mol. The zero-order valence-corrected chi connectivity index (χ0v) is 17.8. The highest BCUT2D eigenvalue weighted by atomic mass is 127. The molecule has 1 aliphatic rings. The van der Waals surface area contributed by atoms with Gasteiger partial charge < -0.3 is 15.5 Å². The Kier molecular flexibility index (Phi) is 9.05. The van der Waals surface area contributed by atoms with E-state index in [0.29, 0.717) is 6.04 Å². The topological polar surface area (TPSA) is 39.7 Å². The Hall–Kier alpha value is -0.820. The average Bonchev–Trinajstić information content (AvgIpc) is 2.52. The van der Waals surface area contributed by atoms with Gasteiger partial charge in [0, 0.05) is 38.1 Å². The van der Waals surface area contributed by atoms with Crippen molar-refractivity contribution in [3.05, 3.63) is 35.9 Å². The van der Waals surface area contributed by atoms with Crippen LogP contribution in [0.4, 0.5) is 0 Å². The number of hydrogen-bond donors (Lipinski definition) is 2. The molecule has 1 saturated carbocycles. The molecular weight excluding hydrogens is 411 g/mol. The fourth-order valence-electron chi connectivity index (χ4n) is 3.05. The van der Waals surface area contributed by atoms with Gasteiger partial charge in [-0.25, -0.2) is 0 Å². The number of hydrogen-bond acceptors (Lipinski definition) is 2. The Morgan fingerprint density at radius 2 is 1.88 bits per heavy atom. The normalized spacial score (nSPS) is 16.5. The molecule has 1 aromatic rings. The van der Waals surface area contributed by atoms with Gasteiger partial charge in [0.1, 0.15) is 0 Å². The predicted octanol–water partition coefficient (Wildman–Crippen LogP) is 3.23. The highest BCUT2D eigenvalue weighted by molar-refractivity contribution is 14.0. The summed E-state index contributed by atoms with van der Waals surface area (Å²) >= 11 is 0. The third kappa shape index (κ3) is 5.62. The quantitative estimate of drug-likeness (QED) is 0.386. The van der Waals surface area contributed by atoms with Crippen LogP contribution in [0.5, 0.6) is 0 Å². The highest BCUT2D eigenvalue weighted by Crippen LogP contribution is 2.43. The van der Waals surface area contributed by atoms with Gasteiger partial charge in [0.25, 0.3) is 0 Å². The van der Waals surface area contributed by atoms with Gasteiger partial charge in [-0.1, -0.05) is 36.8 Å². The maximum atomic E-state index is 4.36. The number of halogens is 1.